The van der Waals surface area contributed by atoms with Gasteiger partial charge in [0.05, 0.1) is 0 Å². The summed E-state index contributed by atoms with van der Waals surface area (Å²) < 4.78 is 10.8. The molecule has 4 rings (SSSR count). The number of esters is 1. The molecule has 0 atom stereocenters. The van der Waals surface area contributed by atoms with Crippen LogP contribution in [0, 0.1) is 6.92 Å². The summed E-state index contributed by atoms with van der Waals surface area (Å²) in [4.78, 5) is 24.2. The minimum Gasteiger partial charge on any atom is -0.426 e. The Morgan fingerprint density at radius 1 is 1.08 bits per heavy atom. The third-order valence-electron chi connectivity index (χ3n) is 4.92. The van der Waals surface area contributed by atoms with Gasteiger partial charge in [0.15, 0.2) is 0 Å². The van der Waals surface area contributed by atoms with Crippen LogP contribution < -0.4 is 10.4 Å². The molecule has 0 saturated carbocycles. The average Bonchev–Trinajstić information content (AvgIpc) is 3.12. The van der Waals surface area contributed by atoms with Crippen LogP contribution in [0.3, 0.4) is 0 Å². The van der Waals surface area contributed by atoms with Crippen molar-refractivity contribution in [2.75, 3.05) is 0 Å². The van der Waals surface area contributed by atoms with Crippen molar-refractivity contribution in [3.63, 3.8) is 0 Å². The van der Waals surface area contributed by atoms with Gasteiger partial charge in [-0.15, -0.1) is 0 Å². The van der Waals surface area contributed by atoms with Gasteiger partial charge in [0.2, 0.25) is 0 Å². The maximum Gasteiger partial charge on any atom is 0.339 e. The number of benzene rings is 2. The number of rotatable bonds is 4. The van der Waals surface area contributed by atoms with Gasteiger partial charge in [-0.2, -0.15) is 0 Å². The van der Waals surface area contributed by atoms with Gasteiger partial charge >= 0.3 is 11.6 Å². The number of hydrogen-bond donors (Lipinski definition) is 0. The molecule has 1 aromatic heterocycles. The predicted octanol–water partition coefficient (Wildman–Crippen LogP) is 4.13. The molecule has 0 aliphatic heterocycles. The van der Waals surface area contributed by atoms with E-state index in [1.807, 2.05) is 37.3 Å². The summed E-state index contributed by atoms with van der Waals surface area (Å²) >= 11 is 0. The second-order valence-electron chi connectivity index (χ2n) is 6.82. The zero-order chi connectivity index (χ0) is 18.1. The zero-order valence-electron chi connectivity index (χ0n) is 14.7. The topological polar surface area (TPSA) is 56.5 Å². The van der Waals surface area contributed by atoms with E-state index in [1.54, 1.807) is 12.1 Å². The average molecular weight is 348 g/mol. The Balaban J connectivity index is 1.48. The molecule has 4 heteroatoms. The van der Waals surface area contributed by atoms with Crippen LogP contribution in [0.2, 0.25) is 0 Å². The molecule has 0 amide bonds. The van der Waals surface area contributed by atoms with Gasteiger partial charge < -0.3 is 9.15 Å². The van der Waals surface area contributed by atoms with E-state index in [1.165, 1.54) is 5.56 Å². The molecule has 0 bridgehead atoms. The third-order valence-corrected chi connectivity index (χ3v) is 4.92. The first-order valence-electron chi connectivity index (χ1n) is 8.95. The molecule has 4 nitrogen and oxygen atoms in total. The van der Waals surface area contributed by atoms with Crippen molar-refractivity contribution in [2.45, 2.75) is 39.0 Å². The Morgan fingerprint density at radius 2 is 1.85 bits per heavy atom. The van der Waals surface area contributed by atoms with Crippen LogP contribution in [0.15, 0.2) is 51.7 Å². The van der Waals surface area contributed by atoms with Gasteiger partial charge in [-0.25, -0.2) is 4.79 Å². The van der Waals surface area contributed by atoms with E-state index in [9.17, 15) is 9.59 Å². The van der Waals surface area contributed by atoms with Crippen molar-refractivity contribution in [1.29, 1.82) is 0 Å². The highest BCUT2D eigenvalue weighted by Gasteiger charge is 2.20. The number of fused-ring (bicyclic) bond motifs is 3. The van der Waals surface area contributed by atoms with Crippen LogP contribution in [0.5, 0.6) is 5.75 Å². The van der Waals surface area contributed by atoms with Crippen molar-refractivity contribution in [3.05, 3.63) is 75.1 Å². The lowest BCUT2D eigenvalue weighted by Crippen LogP contribution is -2.10. The summed E-state index contributed by atoms with van der Waals surface area (Å²) in [7, 11) is 0. The molecular formula is C22H20O4. The van der Waals surface area contributed by atoms with E-state index >= 15 is 0 Å². The van der Waals surface area contributed by atoms with Crippen molar-refractivity contribution in [1.82, 2.24) is 0 Å². The quantitative estimate of drug-likeness (QED) is 0.404. The fourth-order valence-electron chi connectivity index (χ4n) is 3.51. The highest BCUT2D eigenvalue weighted by Crippen LogP contribution is 2.29. The Morgan fingerprint density at radius 3 is 2.65 bits per heavy atom. The summed E-state index contributed by atoms with van der Waals surface area (Å²) in [6.45, 7) is 2.03. The lowest BCUT2D eigenvalue weighted by atomic mass is 10.1. The van der Waals surface area contributed by atoms with Gasteiger partial charge in [0.1, 0.15) is 11.3 Å². The van der Waals surface area contributed by atoms with Gasteiger partial charge in [-0.05, 0) is 55.9 Å². The molecule has 0 radical (unpaired) electrons. The Hall–Kier alpha value is -2.88. The SMILES string of the molecule is Cc1ccc(CCC(=O)Oc2ccc3c4c(c(=O)oc3c2)CCC4)cc1. The van der Waals surface area contributed by atoms with Gasteiger partial charge in [-0.3, -0.25) is 4.79 Å². The highest BCUT2D eigenvalue weighted by molar-refractivity contribution is 5.84. The van der Waals surface area contributed by atoms with Crippen LogP contribution in [-0.2, 0) is 24.1 Å². The molecule has 1 aliphatic carbocycles. The van der Waals surface area contributed by atoms with E-state index < -0.39 is 0 Å². The molecule has 26 heavy (non-hydrogen) atoms. The molecule has 0 unspecified atom stereocenters. The fraction of sp³-hybridized carbons (Fsp3) is 0.273. The molecule has 0 saturated heterocycles. The van der Waals surface area contributed by atoms with E-state index in [0.29, 0.717) is 24.2 Å². The summed E-state index contributed by atoms with van der Waals surface area (Å²) in [5.41, 5.74) is 4.38. The Bertz CT molecular complexity index is 1030. The van der Waals surface area contributed by atoms with Crippen LogP contribution in [0.1, 0.15) is 35.1 Å². The summed E-state index contributed by atoms with van der Waals surface area (Å²) in [6.07, 6.45) is 3.59. The zero-order valence-corrected chi connectivity index (χ0v) is 14.7. The Labute approximate surface area is 151 Å². The van der Waals surface area contributed by atoms with Crippen molar-refractivity contribution in [3.8, 4) is 5.75 Å². The van der Waals surface area contributed by atoms with Crippen molar-refractivity contribution >= 4 is 16.9 Å². The monoisotopic (exact) mass is 348 g/mol. The van der Waals surface area contributed by atoms with Gasteiger partial charge in [0.25, 0.3) is 0 Å². The molecule has 1 aliphatic rings. The summed E-state index contributed by atoms with van der Waals surface area (Å²) in [5, 5.41) is 0.941. The molecule has 1 heterocycles. The van der Waals surface area contributed by atoms with E-state index in [0.717, 1.165) is 41.3 Å². The molecule has 0 N–H and O–H groups in total. The maximum atomic E-state index is 12.1. The van der Waals surface area contributed by atoms with Crippen molar-refractivity contribution in [2.24, 2.45) is 0 Å². The minimum absolute atomic E-state index is 0.271. The summed E-state index contributed by atoms with van der Waals surface area (Å²) in [6, 6.07) is 13.4. The minimum atomic E-state index is -0.298. The number of carbonyl (C=O) groups is 1. The second kappa shape index (κ2) is 6.79. The lowest BCUT2D eigenvalue weighted by molar-refractivity contribution is -0.134. The van der Waals surface area contributed by atoms with Crippen LogP contribution >= 0.6 is 0 Å². The van der Waals surface area contributed by atoms with E-state index in [4.69, 9.17) is 9.15 Å². The largest absolute Gasteiger partial charge is 0.426 e. The molecule has 3 aromatic rings. The molecule has 0 fully saturated rings. The molecule has 132 valence electrons. The second-order valence-corrected chi connectivity index (χ2v) is 6.82. The fourth-order valence-corrected chi connectivity index (χ4v) is 3.51. The highest BCUT2D eigenvalue weighted by atomic mass is 16.5. The first-order valence-corrected chi connectivity index (χ1v) is 8.95. The maximum absolute atomic E-state index is 12.1. The van der Waals surface area contributed by atoms with Crippen LogP contribution in [0.4, 0.5) is 0 Å². The van der Waals surface area contributed by atoms with E-state index in [2.05, 4.69) is 0 Å². The first-order chi connectivity index (χ1) is 12.6. The standard InChI is InChI=1S/C22H20O4/c1-14-5-7-15(8-6-14)9-12-21(23)25-16-10-11-18-17-3-2-4-19(17)22(24)26-20(18)13-16/h5-8,10-11,13H,2-4,9,12H2,1H3. The Kier molecular flexibility index (Phi) is 4.33. The number of ether oxygens (including phenoxy) is 1. The molecular weight excluding hydrogens is 328 g/mol. The number of carbonyl (C=O) groups excluding carboxylic acids is 1. The van der Waals surface area contributed by atoms with Crippen molar-refractivity contribution < 1.29 is 13.9 Å². The van der Waals surface area contributed by atoms with Gasteiger partial charge in [0, 0.05) is 23.4 Å². The van der Waals surface area contributed by atoms with E-state index in [-0.39, 0.29) is 11.6 Å². The lowest BCUT2D eigenvalue weighted by Gasteiger charge is -2.07. The number of aryl methyl sites for hydroxylation is 3. The van der Waals surface area contributed by atoms with Crippen LogP contribution in [0.25, 0.3) is 11.0 Å². The summed E-state index contributed by atoms with van der Waals surface area (Å²) in [5.74, 6) is 0.112. The molecule has 2 aromatic carbocycles. The smallest absolute Gasteiger partial charge is 0.339 e. The molecule has 0 spiro atoms. The third kappa shape index (κ3) is 3.27. The van der Waals surface area contributed by atoms with Crippen LogP contribution in [-0.4, -0.2) is 5.97 Å². The predicted molar refractivity (Wildman–Crippen MR) is 99.6 cm³/mol. The normalized spacial score (nSPS) is 13.0. The van der Waals surface area contributed by atoms with Gasteiger partial charge in [-0.1, -0.05) is 29.8 Å². The number of hydrogen-bond acceptors (Lipinski definition) is 4. The first kappa shape index (κ1) is 16.6.